The van der Waals surface area contributed by atoms with Crippen LogP contribution in [0.15, 0.2) is 77.7 Å². The molecular formula is C24H20Cl2N4O2S. The molecule has 0 spiro atoms. The van der Waals surface area contributed by atoms with Gasteiger partial charge in [-0.1, -0.05) is 65.7 Å². The number of piperazine rings is 1. The minimum atomic E-state index is -3.64. The molecule has 0 bridgehead atoms. The summed E-state index contributed by atoms with van der Waals surface area (Å²) < 4.78 is 27.4. The van der Waals surface area contributed by atoms with Crippen molar-refractivity contribution in [1.82, 2.24) is 14.5 Å². The highest BCUT2D eigenvalue weighted by atomic mass is 35.5. The Labute approximate surface area is 202 Å². The maximum Gasteiger partial charge on any atom is 0.243 e. The first kappa shape index (κ1) is 22.1. The monoisotopic (exact) mass is 498 g/mol. The smallest absolute Gasteiger partial charge is 0.243 e. The van der Waals surface area contributed by atoms with E-state index in [1.165, 1.54) is 22.5 Å². The number of nitrogens with zero attached hydrogens (tertiary/aromatic N) is 4. The van der Waals surface area contributed by atoms with Gasteiger partial charge in [-0.3, -0.25) is 0 Å². The van der Waals surface area contributed by atoms with Crippen LogP contribution in [0.1, 0.15) is 0 Å². The molecule has 1 aliphatic heterocycles. The Hall–Kier alpha value is -2.71. The van der Waals surface area contributed by atoms with Gasteiger partial charge in [0.2, 0.25) is 10.0 Å². The second-order valence-corrected chi connectivity index (χ2v) is 10.5. The summed E-state index contributed by atoms with van der Waals surface area (Å²) in [7, 11) is -3.64. The number of fused-ring (bicyclic) bond motifs is 1. The van der Waals surface area contributed by atoms with E-state index in [-0.39, 0.29) is 9.92 Å². The summed E-state index contributed by atoms with van der Waals surface area (Å²) in [6, 6.07) is 22.6. The van der Waals surface area contributed by atoms with Crippen LogP contribution in [0.4, 0.5) is 5.82 Å². The van der Waals surface area contributed by atoms with Crippen molar-refractivity contribution < 1.29 is 8.42 Å². The molecule has 1 fully saturated rings. The Morgan fingerprint density at radius 2 is 1.52 bits per heavy atom. The normalized spacial score (nSPS) is 15.2. The summed E-state index contributed by atoms with van der Waals surface area (Å²) in [6.07, 6.45) is 0. The average molecular weight is 499 g/mol. The van der Waals surface area contributed by atoms with Crippen LogP contribution >= 0.6 is 23.2 Å². The Morgan fingerprint density at radius 3 is 2.24 bits per heavy atom. The standard InChI is InChI=1S/C24H20Cl2N4O2S/c25-21-9-8-18(16-22(21)26)33(31,32)30-14-12-29(13-15-30)24-11-10-23(27-28-24)20-7-3-5-17-4-1-2-6-19(17)20/h1-11,16H,12-15H2. The Bertz CT molecular complexity index is 1420. The number of benzene rings is 3. The molecule has 0 amide bonds. The SMILES string of the molecule is O=S(=O)(c1ccc(Cl)c(Cl)c1)N1CCN(c2ccc(-c3cccc4ccccc34)nn2)CC1. The Morgan fingerprint density at radius 1 is 0.758 bits per heavy atom. The molecule has 2 heterocycles. The number of rotatable bonds is 4. The lowest BCUT2D eigenvalue weighted by atomic mass is 10.0. The van der Waals surface area contributed by atoms with Crippen LogP contribution in [0, 0.1) is 0 Å². The summed E-state index contributed by atoms with van der Waals surface area (Å²) >= 11 is 11.9. The highest BCUT2D eigenvalue weighted by molar-refractivity contribution is 7.89. The predicted molar refractivity (Wildman–Crippen MR) is 132 cm³/mol. The van der Waals surface area contributed by atoms with E-state index in [2.05, 4.69) is 28.4 Å². The van der Waals surface area contributed by atoms with Crippen LogP contribution in [0.3, 0.4) is 0 Å². The van der Waals surface area contributed by atoms with Gasteiger partial charge in [-0.15, -0.1) is 10.2 Å². The van der Waals surface area contributed by atoms with Crippen molar-refractivity contribution in [2.24, 2.45) is 0 Å². The van der Waals surface area contributed by atoms with Crippen LogP contribution in [-0.4, -0.2) is 49.1 Å². The number of anilines is 1. The maximum atomic E-state index is 13.0. The highest BCUT2D eigenvalue weighted by Gasteiger charge is 2.29. The average Bonchev–Trinajstić information content (AvgIpc) is 2.85. The van der Waals surface area contributed by atoms with Gasteiger partial charge in [-0.2, -0.15) is 4.31 Å². The van der Waals surface area contributed by atoms with E-state index in [0.717, 1.165) is 27.8 Å². The molecule has 9 heteroatoms. The molecule has 1 aliphatic rings. The largest absolute Gasteiger partial charge is 0.352 e. The van der Waals surface area contributed by atoms with Crippen molar-refractivity contribution in [2.75, 3.05) is 31.1 Å². The second-order valence-electron chi connectivity index (χ2n) is 7.77. The molecule has 0 unspecified atom stereocenters. The van der Waals surface area contributed by atoms with Crippen LogP contribution < -0.4 is 4.90 Å². The first-order chi connectivity index (χ1) is 15.9. The van der Waals surface area contributed by atoms with Crippen LogP contribution in [0.25, 0.3) is 22.0 Å². The third kappa shape index (κ3) is 4.29. The number of halogens is 2. The molecule has 4 aromatic rings. The zero-order valence-electron chi connectivity index (χ0n) is 17.5. The first-order valence-electron chi connectivity index (χ1n) is 10.5. The summed E-state index contributed by atoms with van der Waals surface area (Å²) in [5.74, 6) is 0.727. The maximum absolute atomic E-state index is 13.0. The van der Waals surface area contributed by atoms with E-state index in [1.807, 2.05) is 41.3 Å². The van der Waals surface area contributed by atoms with Crippen molar-refractivity contribution in [3.63, 3.8) is 0 Å². The van der Waals surface area contributed by atoms with Crippen LogP contribution in [0.2, 0.25) is 10.0 Å². The Kier molecular flexibility index (Phi) is 5.97. The summed E-state index contributed by atoms with van der Waals surface area (Å²) in [5, 5.41) is 11.7. The van der Waals surface area contributed by atoms with Crippen molar-refractivity contribution in [2.45, 2.75) is 4.90 Å². The quantitative estimate of drug-likeness (QED) is 0.390. The van der Waals surface area contributed by atoms with Gasteiger partial charge in [-0.25, -0.2) is 8.42 Å². The number of aromatic nitrogens is 2. The van der Waals surface area contributed by atoms with Gasteiger partial charge < -0.3 is 4.90 Å². The third-order valence-corrected chi connectivity index (χ3v) is 8.44. The van der Waals surface area contributed by atoms with E-state index in [0.29, 0.717) is 31.2 Å². The topological polar surface area (TPSA) is 66.4 Å². The second kappa shape index (κ2) is 8.91. The van der Waals surface area contributed by atoms with Crippen LogP contribution in [-0.2, 0) is 10.0 Å². The van der Waals surface area contributed by atoms with E-state index < -0.39 is 10.0 Å². The van der Waals surface area contributed by atoms with E-state index in [1.54, 1.807) is 0 Å². The minimum absolute atomic E-state index is 0.143. The molecule has 0 N–H and O–H groups in total. The van der Waals surface area contributed by atoms with Gasteiger partial charge >= 0.3 is 0 Å². The molecule has 0 radical (unpaired) electrons. The van der Waals surface area contributed by atoms with Crippen molar-refractivity contribution >= 4 is 49.8 Å². The fourth-order valence-electron chi connectivity index (χ4n) is 4.03. The highest BCUT2D eigenvalue weighted by Crippen LogP contribution is 2.29. The molecule has 33 heavy (non-hydrogen) atoms. The predicted octanol–water partition coefficient (Wildman–Crippen LogP) is 5.11. The number of hydrogen-bond donors (Lipinski definition) is 0. The molecule has 6 nitrogen and oxygen atoms in total. The van der Waals surface area contributed by atoms with Gasteiger partial charge in [0.05, 0.1) is 20.6 Å². The first-order valence-corrected chi connectivity index (χ1v) is 12.6. The van der Waals surface area contributed by atoms with Gasteiger partial charge in [-0.05, 0) is 41.1 Å². The number of sulfonamides is 1. The lowest BCUT2D eigenvalue weighted by Gasteiger charge is -2.34. The lowest BCUT2D eigenvalue weighted by Crippen LogP contribution is -2.49. The fourth-order valence-corrected chi connectivity index (χ4v) is 5.84. The molecule has 0 aliphatic carbocycles. The van der Waals surface area contributed by atoms with E-state index in [9.17, 15) is 8.42 Å². The zero-order valence-corrected chi connectivity index (χ0v) is 19.9. The Balaban J connectivity index is 1.31. The molecule has 0 saturated carbocycles. The summed E-state index contributed by atoms with van der Waals surface area (Å²) in [5.41, 5.74) is 1.83. The lowest BCUT2D eigenvalue weighted by molar-refractivity contribution is 0.383. The van der Waals surface area contributed by atoms with Crippen molar-refractivity contribution in [3.05, 3.63) is 82.8 Å². The fraction of sp³-hybridized carbons (Fsp3) is 0.167. The van der Waals surface area contributed by atoms with Crippen molar-refractivity contribution in [3.8, 4) is 11.3 Å². The van der Waals surface area contributed by atoms with Gasteiger partial charge in [0.1, 0.15) is 0 Å². The van der Waals surface area contributed by atoms with E-state index >= 15 is 0 Å². The molecule has 1 saturated heterocycles. The molecule has 0 atom stereocenters. The van der Waals surface area contributed by atoms with Gasteiger partial charge in [0.25, 0.3) is 0 Å². The molecule has 1 aromatic heterocycles. The molecular weight excluding hydrogens is 479 g/mol. The molecule has 5 rings (SSSR count). The van der Waals surface area contributed by atoms with Gasteiger partial charge in [0.15, 0.2) is 5.82 Å². The van der Waals surface area contributed by atoms with E-state index in [4.69, 9.17) is 23.2 Å². The summed E-state index contributed by atoms with van der Waals surface area (Å²) in [6.45, 7) is 1.72. The summed E-state index contributed by atoms with van der Waals surface area (Å²) in [4.78, 5) is 2.19. The number of hydrogen-bond acceptors (Lipinski definition) is 5. The molecule has 3 aromatic carbocycles. The third-order valence-electron chi connectivity index (χ3n) is 5.81. The zero-order chi connectivity index (χ0) is 23.0. The van der Waals surface area contributed by atoms with Gasteiger partial charge in [0, 0.05) is 31.7 Å². The minimum Gasteiger partial charge on any atom is -0.352 e. The molecule has 168 valence electrons. The van der Waals surface area contributed by atoms with Crippen LogP contribution in [0.5, 0.6) is 0 Å². The van der Waals surface area contributed by atoms with Crippen molar-refractivity contribution in [1.29, 1.82) is 0 Å².